The topological polar surface area (TPSA) is 41.5 Å². The number of hydrogen-bond acceptors (Lipinski definition) is 4. The third-order valence-electron chi connectivity index (χ3n) is 18.7. The standard InChI is InChI=1S/C73H46N2O.C12H8O/c1-3-18-49(19-4-1)74-50-39-34-47(35-40-50)62-45-64-69-58-27-9-7-22-53(58)63-44-48(46-36-41-52(42-37-46)75(51-20-5-2-6-21-51)67-32-17-29-61-57-26-13-16-33-68(57)76-72(61)67)38-43-60(63)71(69)73(70(64)59-28-10-8-23-54(59)62)65-30-14-11-24-55(65)56-25-12-15-31-66(56)73;1-3-7-11-9(5-1)10-6-2-4-8-12(10)13-11/h1-45,74H;1-8H. The number of hydrogen-bond donors (Lipinski definition) is 1. The normalized spacial score (nSPS) is 12.6. The first-order valence-electron chi connectivity index (χ1n) is 30.6. The Morgan fingerprint density at radius 3 is 1.43 bits per heavy atom. The molecule has 0 bridgehead atoms. The number of furan rings is 2. The van der Waals surface area contributed by atoms with Crippen LogP contribution in [0.3, 0.4) is 0 Å². The molecule has 0 aliphatic heterocycles. The first-order valence-corrected chi connectivity index (χ1v) is 30.6. The maximum atomic E-state index is 6.63. The van der Waals surface area contributed by atoms with E-state index in [1.807, 2.05) is 48.5 Å². The molecule has 1 spiro atoms. The van der Waals surface area contributed by atoms with Crippen molar-refractivity contribution >= 4 is 105 Å². The quantitative estimate of drug-likeness (QED) is 0.162. The molecule has 4 heteroatoms. The average Bonchev–Trinajstić information content (AvgIpc) is 1.49. The Kier molecular flexibility index (Phi) is 11.5. The van der Waals surface area contributed by atoms with Gasteiger partial charge < -0.3 is 19.1 Å². The van der Waals surface area contributed by atoms with E-state index < -0.39 is 5.41 Å². The summed E-state index contributed by atoms with van der Waals surface area (Å²) in [6.45, 7) is 0. The number of rotatable bonds is 7. The SMILES string of the molecule is c1ccc(Nc2ccc(-c3cc4c(c5ccccc35)C3(c5ccccc5-c5ccccc53)c3c-4c4ccccc4c4cc(-c5ccc(N(c6ccccc6)c6cccc7c6oc6ccccc67)cc5)ccc34)cc2)cc1.c1ccc2c(c1)oc1ccccc12. The maximum absolute atomic E-state index is 6.63. The van der Waals surface area contributed by atoms with Crippen LogP contribution in [-0.2, 0) is 5.41 Å². The van der Waals surface area contributed by atoms with Crippen LogP contribution >= 0.6 is 0 Å². The van der Waals surface area contributed by atoms with Crippen LogP contribution < -0.4 is 10.2 Å². The molecule has 15 aromatic carbocycles. The molecule has 89 heavy (non-hydrogen) atoms. The van der Waals surface area contributed by atoms with Gasteiger partial charge in [0.2, 0.25) is 0 Å². The Bertz CT molecular complexity index is 5550. The van der Waals surface area contributed by atoms with Gasteiger partial charge in [0.15, 0.2) is 5.58 Å². The number of para-hydroxylation sites is 6. The summed E-state index contributed by atoms with van der Waals surface area (Å²) in [5.41, 5.74) is 23.7. The minimum absolute atomic E-state index is 0.589. The minimum atomic E-state index is -0.589. The van der Waals surface area contributed by atoms with Gasteiger partial charge in [0.25, 0.3) is 0 Å². The largest absolute Gasteiger partial charge is 0.456 e. The molecular weight excluding hydrogens is 1080 g/mol. The molecule has 0 amide bonds. The smallest absolute Gasteiger partial charge is 0.159 e. The van der Waals surface area contributed by atoms with Crippen molar-refractivity contribution in [3.63, 3.8) is 0 Å². The van der Waals surface area contributed by atoms with Crippen LogP contribution in [0.2, 0.25) is 0 Å². The molecule has 0 saturated carbocycles. The van der Waals surface area contributed by atoms with Crippen molar-refractivity contribution in [2.45, 2.75) is 5.41 Å². The van der Waals surface area contributed by atoms with Crippen LogP contribution in [-0.4, -0.2) is 0 Å². The Hall–Kier alpha value is -11.7. The molecule has 0 unspecified atom stereocenters. The van der Waals surface area contributed by atoms with E-state index in [1.54, 1.807) is 0 Å². The van der Waals surface area contributed by atoms with Crippen LogP contribution in [0.25, 0.3) is 121 Å². The predicted molar refractivity (Wildman–Crippen MR) is 372 cm³/mol. The molecular formula is C85H54N2O2. The zero-order valence-electron chi connectivity index (χ0n) is 48.4. The van der Waals surface area contributed by atoms with Crippen LogP contribution in [0.1, 0.15) is 22.3 Å². The summed E-state index contributed by atoms with van der Waals surface area (Å²) in [5, 5.41) is 15.8. The average molecular weight is 1140 g/mol. The van der Waals surface area contributed by atoms with Gasteiger partial charge in [-0.15, -0.1) is 0 Å². The summed E-state index contributed by atoms with van der Waals surface area (Å²) in [7, 11) is 0. The van der Waals surface area contributed by atoms with Gasteiger partial charge >= 0.3 is 0 Å². The van der Waals surface area contributed by atoms with Gasteiger partial charge in [-0.25, -0.2) is 0 Å². The highest BCUT2D eigenvalue weighted by Crippen LogP contribution is 2.67. The van der Waals surface area contributed by atoms with Gasteiger partial charge in [-0.1, -0.05) is 237 Å². The van der Waals surface area contributed by atoms with Crippen LogP contribution in [0.15, 0.2) is 330 Å². The fourth-order valence-corrected chi connectivity index (χ4v) is 15.0. The summed E-state index contributed by atoms with van der Waals surface area (Å²) in [6.07, 6.45) is 0. The van der Waals surface area contributed by atoms with Gasteiger partial charge in [-0.2, -0.15) is 0 Å². The number of nitrogens with one attached hydrogen (secondary N) is 1. The lowest BCUT2D eigenvalue weighted by molar-refractivity contribution is 0.668. The lowest BCUT2D eigenvalue weighted by Gasteiger charge is -2.33. The van der Waals surface area contributed by atoms with E-state index in [0.29, 0.717) is 0 Å². The van der Waals surface area contributed by atoms with E-state index in [9.17, 15) is 0 Å². The number of benzene rings is 15. The number of fused-ring (bicyclic) bond motifs is 23. The number of nitrogens with zero attached hydrogens (tertiary/aromatic N) is 1. The van der Waals surface area contributed by atoms with Crippen LogP contribution in [0.5, 0.6) is 0 Å². The van der Waals surface area contributed by atoms with Gasteiger partial charge in [0, 0.05) is 44.3 Å². The van der Waals surface area contributed by atoms with Crippen molar-refractivity contribution in [3.8, 4) is 44.5 Å². The molecule has 1 N–H and O–H groups in total. The van der Waals surface area contributed by atoms with E-state index in [4.69, 9.17) is 8.83 Å². The van der Waals surface area contributed by atoms with E-state index in [0.717, 1.165) is 67.1 Å². The molecule has 416 valence electrons. The van der Waals surface area contributed by atoms with E-state index >= 15 is 0 Å². The fourth-order valence-electron chi connectivity index (χ4n) is 15.0. The second kappa shape index (κ2) is 20.2. The Morgan fingerprint density at radius 2 is 0.753 bits per heavy atom. The Morgan fingerprint density at radius 1 is 0.270 bits per heavy atom. The van der Waals surface area contributed by atoms with Crippen molar-refractivity contribution in [1.82, 2.24) is 0 Å². The Labute approximate surface area is 514 Å². The molecule has 17 aromatic rings. The van der Waals surface area contributed by atoms with Gasteiger partial charge in [0.05, 0.1) is 11.1 Å². The highest BCUT2D eigenvalue weighted by molar-refractivity contribution is 6.23. The predicted octanol–water partition coefficient (Wildman–Crippen LogP) is 23.5. The summed E-state index contributed by atoms with van der Waals surface area (Å²) < 4.78 is 12.3. The second-order valence-corrected chi connectivity index (χ2v) is 23.4. The molecule has 0 radical (unpaired) electrons. The van der Waals surface area contributed by atoms with Crippen molar-refractivity contribution in [2.24, 2.45) is 0 Å². The third kappa shape index (κ3) is 7.80. The molecule has 2 aliphatic rings. The van der Waals surface area contributed by atoms with Gasteiger partial charge in [0.1, 0.15) is 16.7 Å². The summed E-state index contributed by atoms with van der Waals surface area (Å²) in [6, 6.07) is 116. The maximum Gasteiger partial charge on any atom is 0.159 e. The number of anilines is 5. The van der Waals surface area contributed by atoms with E-state index in [1.165, 1.54) is 104 Å². The molecule has 19 rings (SSSR count). The van der Waals surface area contributed by atoms with Gasteiger partial charge in [-0.3, -0.25) is 0 Å². The molecule has 2 aliphatic carbocycles. The molecule has 2 aromatic heterocycles. The first-order chi connectivity index (χ1) is 44.2. The second-order valence-electron chi connectivity index (χ2n) is 23.4. The van der Waals surface area contributed by atoms with E-state index in [-0.39, 0.29) is 0 Å². The van der Waals surface area contributed by atoms with Crippen molar-refractivity contribution < 1.29 is 8.83 Å². The Balaban J connectivity index is 0.000000402. The molecule has 4 nitrogen and oxygen atoms in total. The lowest BCUT2D eigenvalue weighted by atomic mass is 9.68. The third-order valence-corrected chi connectivity index (χ3v) is 18.7. The fraction of sp³-hybridized carbons (Fsp3) is 0.0118. The zero-order valence-corrected chi connectivity index (χ0v) is 48.4. The van der Waals surface area contributed by atoms with Gasteiger partial charge in [-0.05, 0) is 184 Å². The van der Waals surface area contributed by atoms with Crippen molar-refractivity contribution in [2.75, 3.05) is 10.2 Å². The summed E-state index contributed by atoms with van der Waals surface area (Å²) >= 11 is 0. The summed E-state index contributed by atoms with van der Waals surface area (Å²) in [4.78, 5) is 2.31. The van der Waals surface area contributed by atoms with E-state index in [2.05, 4.69) is 283 Å². The van der Waals surface area contributed by atoms with Crippen molar-refractivity contribution in [3.05, 3.63) is 344 Å². The van der Waals surface area contributed by atoms with Crippen LogP contribution in [0.4, 0.5) is 28.4 Å². The monoisotopic (exact) mass is 1130 g/mol. The molecule has 0 fully saturated rings. The molecule has 0 saturated heterocycles. The molecule has 0 atom stereocenters. The summed E-state index contributed by atoms with van der Waals surface area (Å²) in [5.74, 6) is 0. The highest BCUT2D eigenvalue weighted by atomic mass is 16.3. The minimum Gasteiger partial charge on any atom is -0.456 e. The lowest BCUT2D eigenvalue weighted by Crippen LogP contribution is -2.26. The zero-order chi connectivity index (χ0) is 58.6. The highest BCUT2D eigenvalue weighted by Gasteiger charge is 2.54. The van der Waals surface area contributed by atoms with Crippen LogP contribution in [0, 0.1) is 0 Å². The first kappa shape index (κ1) is 50.6. The van der Waals surface area contributed by atoms with Crippen molar-refractivity contribution in [1.29, 1.82) is 0 Å². The molecule has 2 heterocycles.